The van der Waals surface area contributed by atoms with E-state index in [1.54, 1.807) is 6.07 Å². The van der Waals surface area contributed by atoms with E-state index in [1.807, 2.05) is 0 Å². The average molecular weight is 341 g/mol. The van der Waals surface area contributed by atoms with Crippen LogP contribution < -0.4 is 0 Å². The molecule has 0 amide bonds. The molecule has 1 aliphatic carbocycles. The molecule has 4 nitrogen and oxygen atoms in total. The number of hydrogen-bond acceptors (Lipinski definition) is 4. The van der Waals surface area contributed by atoms with Gasteiger partial charge >= 0.3 is 5.97 Å². The highest BCUT2D eigenvalue weighted by Crippen LogP contribution is 2.37. The van der Waals surface area contributed by atoms with Gasteiger partial charge in [-0.3, -0.25) is 0 Å². The number of rotatable bonds is 4. The fraction of sp³-hybridized carbons (Fsp3) is 0.611. The maximum atomic E-state index is 12.3. The molecular formula is C18H25ClO4. The third kappa shape index (κ3) is 4.18. The summed E-state index contributed by atoms with van der Waals surface area (Å²) in [5, 5.41) is 20.2. The Morgan fingerprint density at radius 1 is 1.35 bits per heavy atom. The van der Waals surface area contributed by atoms with Gasteiger partial charge in [-0.05, 0) is 36.7 Å². The van der Waals surface area contributed by atoms with Crippen molar-refractivity contribution in [2.75, 3.05) is 0 Å². The first kappa shape index (κ1) is 18.1. The standard InChI is InChI=1S/C18H25ClO4/c1-10(2)12-8-7-11(3)9-15(12)23-18(22)17(21)13-5-4-6-14(19)16(13)20/h4-6,10-12,15,17,20-21H,7-9H2,1-3H3/t11?,12?,15?,17-/m0/s1. The second-order valence-corrected chi connectivity index (χ2v) is 7.29. The first-order valence-corrected chi connectivity index (χ1v) is 8.55. The summed E-state index contributed by atoms with van der Waals surface area (Å²) in [5.41, 5.74) is 0.0763. The van der Waals surface area contributed by atoms with Crippen molar-refractivity contribution in [1.82, 2.24) is 0 Å². The molecular weight excluding hydrogens is 316 g/mol. The van der Waals surface area contributed by atoms with Crippen LogP contribution in [-0.4, -0.2) is 22.3 Å². The molecule has 5 heteroatoms. The number of carbonyl (C=O) groups is 1. The van der Waals surface area contributed by atoms with Gasteiger partial charge in [-0.15, -0.1) is 0 Å². The molecule has 0 spiro atoms. The number of benzene rings is 1. The second-order valence-electron chi connectivity index (χ2n) is 6.88. The predicted molar refractivity (Wildman–Crippen MR) is 89.3 cm³/mol. The van der Waals surface area contributed by atoms with E-state index in [2.05, 4.69) is 20.8 Å². The number of aliphatic hydroxyl groups is 1. The van der Waals surface area contributed by atoms with Crippen LogP contribution in [0.4, 0.5) is 0 Å². The molecule has 1 aliphatic rings. The lowest BCUT2D eigenvalue weighted by atomic mass is 9.75. The molecule has 128 valence electrons. The predicted octanol–water partition coefficient (Wildman–Crippen LogP) is 4.08. The Morgan fingerprint density at radius 2 is 2.04 bits per heavy atom. The lowest BCUT2D eigenvalue weighted by Gasteiger charge is -2.37. The number of ether oxygens (including phenoxy) is 1. The average Bonchev–Trinajstić information content (AvgIpc) is 2.49. The molecule has 4 atom stereocenters. The monoisotopic (exact) mass is 340 g/mol. The van der Waals surface area contributed by atoms with Gasteiger partial charge in [0.15, 0.2) is 6.10 Å². The molecule has 0 aromatic heterocycles. The molecule has 3 unspecified atom stereocenters. The van der Waals surface area contributed by atoms with E-state index in [-0.39, 0.29) is 22.4 Å². The van der Waals surface area contributed by atoms with E-state index in [4.69, 9.17) is 16.3 Å². The van der Waals surface area contributed by atoms with E-state index >= 15 is 0 Å². The van der Waals surface area contributed by atoms with Crippen molar-refractivity contribution in [3.05, 3.63) is 28.8 Å². The van der Waals surface area contributed by atoms with E-state index in [0.717, 1.165) is 19.3 Å². The van der Waals surface area contributed by atoms with Crippen LogP contribution in [0, 0.1) is 17.8 Å². The van der Waals surface area contributed by atoms with Crippen LogP contribution in [0.1, 0.15) is 51.7 Å². The summed E-state index contributed by atoms with van der Waals surface area (Å²) in [6, 6.07) is 4.54. The second kappa shape index (κ2) is 7.54. The van der Waals surface area contributed by atoms with Crippen LogP contribution >= 0.6 is 11.6 Å². The van der Waals surface area contributed by atoms with Crippen molar-refractivity contribution in [3.8, 4) is 5.75 Å². The van der Waals surface area contributed by atoms with Gasteiger partial charge in [0.2, 0.25) is 0 Å². The van der Waals surface area contributed by atoms with Gasteiger partial charge in [-0.25, -0.2) is 4.79 Å². The number of para-hydroxylation sites is 1. The minimum atomic E-state index is -1.53. The van der Waals surface area contributed by atoms with Gasteiger partial charge in [0.05, 0.1) is 5.02 Å². The van der Waals surface area contributed by atoms with Crippen molar-refractivity contribution in [2.45, 2.75) is 52.2 Å². The van der Waals surface area contributed by atoms with E-state index in [0.29, 0.717) is 17.8 Å². The third-order valence-electron chi connectivity index (χ3n) is 4.76. The fourth-order valence-electron chi connectivity index (χ4n) is 3.34. The summed E-state index contributed by atoms with van der Waals surface area (Å²) in [4.78, 5) is 12.3. The topological polar surface area (TPSA) is 66.8 Å². The van der Waals surface area contributed by atoms with E-state index in [1.165, 1.54) is 12.1 Å². The van der Waals surface area contributed by atoms with E-state index < -0.39 is 12.1 Å². The SMILES string of the molecule is CC1CCC(C(C)C)C(OC(=O)[C@@H](O)c2cccc(Cl)c2O)C1. The molecule has 0 saturated heterocycles. The van der Waals surface area contributed by atoms with Gasteiger partial charge in [-0.2, -0.15) is 0 Å². The Hall–Kier alpha value is -1.26. The van der Waals surface area contributed by atoms with Crippen LogP contribution in [0.2, 0.25) is 5.02 Å². The van der Waals surface area contributed by atoms with Gasteiger partial charge in [0, 0.05) is 5.56 Å². The highest BCUT2D eigenvalue weighted by molar-refractivity contribution is 6.32. The molecule has 1 fully saturated rings. The Morgan fingerprint density at radius 3 is 2.70 bits per heavy atom. The molecule has 0 bridgehead atoms. The zero-order valence-corrected chi connectivity index (χ0v) is 14.6. The zero-order valence-electron chi connectivity index (χ0n) is 13.8. The number of aromatic hydroxyl groups is 1. The number of carbonyl (C=O) groups excluding carboxylic acids is 1. The normalized spacial score (nSPS) is 26.1. The van der Waals surface area contributed by atoms with Crippen LogP contribution in [0.25, 0.3) is 0 Å². The summed E-state index contributed by atoms with van der Waals surface area (Å²) in [5.74, 6) is 0.204. The van der Waals surface area contributed by atoms with Gasteiger partial charge in [0.1, 0.15) is 11.9 Å². The van der Waals surface area contributed by atoms with Crippen molar-refractivity contribution in [2.24, 2.45) is 17.8 Å². The largest absolute Gasteiger partial charge is 0.506 e. The molecule has 1 saturated carbocycles. The molecule has 0 aliphatic heterocycles. The highest BCUT2D eigenvalue weighted by atomic mass is 35.5. The van der Waals surface area contributed by atoms with E-state index in [9.17, 15) is 15.0 Å². The van der Waals surface area contributed by atoms with Crippen molar-refractivity contribution >= 4 is 17.6 Å². The zero-order chi connectivity index (χ0) is 17.1. The van der Waals surface area contributed by atoms with Gasteiger partial charge in [-0.1, -0.05) is 50.9 Å². The Labute approximate surface area is 142 Å². The molecule has 2 N–H and O–H groups in total. The maximum Gasteiger partial charge on any atom is 0.340 e. The summed E-state index contributed by atoms with van der Waals surface area (Å²) >= 11 is 5.83. The summed E-state index contributed by atoms with van der Waals surface area (Å²) in [7, 11) is 0. The Balaban J connectivity index is 2.11. The first-order valence-electron chi connectivity index (χ1n) is 8.17. The van der Waals surface area contributed by atoms with Crippen molar-refractivity contribution in [1.29, 1.82) is 0 Å². The molecule has 1 aromatic rings. The highest BCUT2D eigenvalue weighted by Gasteiger charge is 2.35. The Bertz CT molecular complexity index is 558. The smallest absolute Gasteiger partial charge is 0.340 e. The first-order chi connectivity index (χ1) is 10.8. The van der Waals surface area contributed by atoms with Gasteiger partial charge in [0.25, 0.3) is 0 Å². The third-order valence-corrected chi connectivity index (χ3v) is 5.07. The molecule has 23 heavy (non-hydrogen) atoms. The van der Waals surface area contributed by atoms with Crippen molar-refractivity contribution < 1.29 is 19.7 Å². The summed E-state index contributed by atoms with van der Waals surface area (Å²) in [6.45, 7) is 6.40. The minimum Gasteiger partial charge on any atom is -0.506 e. The minimum absolute atomic E-state index is 0.0763. The van der Waals surface area contributed by atoms with Crippen LogP contribution in [0.5, 0.6) is 5.75 Å². The number of phenolic OH excluding ortho intramolecular Hbond substituents is 1. The quantitative estimate of drug-likeness (QED) is 0.810. The Kier molecular flexibility index (Phi) is 5.93. The van der Waals surface area contributed by atoms with Crippen molar-refractivity contribution in [3.63, 3.8) is 0 Å². The molecule has 0 heterocycles. The molecule has 0 radical (unpaired) electrons. The number of aliphatic hydroxyl groups excluding tert-OH is 1. The van der Waals surface area contributed by atoms with Crippen LogP contribution in [0.15, 0.2) is 18.2 Å². The number of esters is 1. The lowest BCUT2D eigenvalue weighted by Crippen LogP contribution is -2.37. The number of halogens is 1. The maximum absolute atomic E-state index is 12.3. The number of phenols is 1. The molecule has 2 rings (SSSR count). The summed E-state index contributed by atoms with van der Waals surface area (Å²) < 4.78 is 5.60. The lowest BCUT2D eigenvalue weighted by molar-refractivity contribution is -0.166. The molecule has 1 aromatic carbocycles. The van der Waals surface area contributed by atoms with Crippen LogP contribution in [-0.2, 0) is 9.53 Å². The number of hydrogen-bond donors (Lipinski definition) is 2. The van der Waals surface area contributed by atoms with Gasteiger partial charge < -0.3 is 14.9 Å². The fourth-order valence-corrected chi connectivity index (χ4v) is 3.53. The summed E-state index contributed by atoms with van der Waals surface area (Å²) in [6.07, 6.45) is 1.24. The van der Waals surface area contributed by atoms with Crippen LogP contribution in [0.3, 0.4) is 0 Å².